The number of rotatable bonds is 7. The minimum absolute atomic E-state index is 0.00540. The van der Waals surface area contributed by atoms with E-state index in [1.54, 1.807) is 23.1 Å². The number of carbonyl (C=O) groups excluding carboxylic acids is 1. The Hall–Kier alpha value is -3.00. The second kappa shape index (κ2) is 8.74. The van der Waals surface area contributed by atoms with Crippen LogP contribution < -0.4 is 14.4 Å². The maximum atomic E-state index is 12.7. The first-order valence-electron chi connectivity index (χ1n) is 8.23. The van der Waals surface area contributed by atoms with E-state index in [1.165, 1.54) is 0 Å². The number of hydrogen-bond donors (Lipinski definition) is 0. The van der Waals surface area contributed by atoms with Crippen LogP contribution in [0, 0.1) is 11.3 Å². The monoisotopic (exact) mass is 338 g/mol. The Balaban J connectivity index is 2.14. The van der Waals surface area contributed by atoms with Crippen molar-refractivity contribution in [3.05, 3.63) is 54.1 Å². The van der Waals surface area contributed by atoms with Crippen LogP contribution in [0.1, 0.15) is 26.3 Å². The second-order valence-electron chi connectivity index (χ2n) is 5.69. The van der Waals surface area contributed by atoms with Crippen molar-refractivity contribution in [1.29, 1.82) is 5.26 Å². The molecule has 0 N–H and O–H groups in total. The number of hydrogen-bond acceptors (Lipinski definition) is 4. The summed E-state index contributed by atoms with van der Waals surface area (Å²) in [6.07, 6.45) is 0. The molecule has 5 nitrogen and oxygen atoms in total. The van der Waals surface area contributed by atoms with E-state index >= 15 is 0 Å². The van der Waals surface area contributed by atoms with Gasteiger partial charge in [0.1, 0.15) is 0 Å². The van der Waals surface area contributed by atoms with Crippen molar-refractivity contribution in [1.82, 2.24) is 0 Å². The first-order valence-corrected chi connectivity index (χ1v) is 8.23. The van der Waals surface area contributed by atoms with Gasteiger partial charge in [0.05, 0.1) is 18.2 Å². The number of carbonyl (C=O) groups is 1. The van der Waals surface area contributed by atoms with Gasteiger partial charge in [-0.15, -0.1) is 0 Å². The summed E-state index contributed by atoms with van der Waals surface area (Å²) in [5.74, 6) is 0.768. The van der Waals surface area contributed by atoms with E-state index in [-0.39, 0.29) is 18.6 Å². The van der Waals surface area contributed by atoms with Crippen LogP contribution in [0.25, 0.3) is 0 Å². The topological polar surface area (TPSA) is 62.6 Å². The van der Waals surface area contributed by atoms with Crippen molar-refractivity contribution in [2.75, 3.05) is 18.1 Å². The Morgan fingerprint density at radius 1 is 1.12 bits per heavy atom. The predicted molar refractivity (Wildman–Crippen MR) is 96.9 cm³/mol. The number of nitrogens with zero attached hydrogens (tertiary/aromatic N) is 2. The average molecular weight is 338 g/mol. The van der Waals surface area contributed by atoms with Crippen LogP contribution in [0.3, 0.4) is 0 Å². The van der Waals surface area contributed by atoms with E-state index in [0.29, 0.717) is 23.7 Å². The van der Waals surface area contributed by atoms with Gasteiger partial charge in [-0.3, -0.25) is 4.79 Å². The lowest BCUT2D eigenvalue weighted by Gasteiger charge is -2.27. The molecule has 130 valence electrons. The van der Waals surface area contributed by atoms with Crippen LogP contribution in [-0.2, 0) is 4.79 Å². The van der Waals surface area contributed by atoms with Gasteiger partial charge in [-0.05, 0) is 45.0 Å². The maximum absolute atomic E-state index is 12.7. The zero-order chi connectivity index (χ0) is 18.2. The molecular formula is C20H22N2O3. The van der Waals surface area contributed by atoms with E-state index < -0.39 is 0 Å². The maximum Gasteiger partial charge on any atom is 0.265 e. The minimum atomic E-state index is -0.145. The molecule has 2 rings (SSSR count). The van der Waals surface area contributed by atoms with Crippen LogP contribution in [0.15, 0.2) is 48.5 Å². The van der Waals surface area contributed by atoms with Crippen LogP contribution in [0.2, 0.25) is 0 Å². The van der Waals surface area contributed by atoms with Crippen LogP contribution in [0.5, 0.6) is 11.5 Å². The molecule has 5 heteroatoms. The highest BCUT2D eigenvalue weighted by molar-refractivity contribution is 5.94. The number of amides is 1. The Morgan fingerprint density at radius 3 is 2.44 bits per heavy atom. The summed E-state index contributed by atoms with van der Waals surface area (Å²) in [6.45, 7) is 6.10. The van der Waals surface area contributed by atoms with Crippen LogP contribution in [-0.4, -0.2) is 25.2 Å². The van der Waals surface area contributed by atoms with E-state index in [2.05, 4.69) is 6.07 Å². The molecule has 2 aromatic carbocycles. The van der Waals surface area contributed by atoms with Crippen molar-refractivity contribution in [3.63, 3.8) is 0 Å². The normalized spacial score (nSPS) is 10.2. The molecule has 0 saturated carbocycles. The Bertz CT molecular complexity index is 751. The molecule has 0 radical (unpaired) electrons. The molecule has 0 saturated heterocycles. The molecule has 0 aromatic heterocycles. The summed E-state index contributed by atoms with van der Waals surface area (Å²) in [6, 6.07) is 16.5. The highest BCUT2D eigenvalue weighted by Crippen LogP contribution is 2.28. The van der Waals surface area contributed by atoms with Gasteiger partial charge in [0.2, 0.25) is 0 Å². The minimum Gasteiger partial charge on any atom is -0.490 e. The van der Waals surface area contributed by atoms with Gasteiger partial charge in [0.15, 0.2) is 18.1 Å². The Morgan fingerprint density at radius 2 is 1.84 bits per heavy atom. The third kappa shape index (κ3) is 4.74. The van der Waals surface area contributed by atoms with Crippen LogP contribution in [0.4, 0.5) is 5.69 Å². The molecule has 0 aliphatic heterocycles. The largest absolute Gasteiger partial charge is 0.490 e. The quantitative estimate of drug-likeness (QED) is 0.771. The molecule has 0 aliphatic rings. The van der Waals surface area contributed by atoms with Crippen molar-refractivity contribution in [3.8, 4) is 17.6 Å². The number of benzene rings is 2. The highest BCUT2D eigenvalue weighted by atomic mass is 16.5. The molecule has 0 atom stereocenters. The number of anilines is 1. The zero-order valence-electron chi connectivity index (χ0n) is 14.7. The van der Waals surface area contributed by atoms with Gasteiger partial charge >= 0.3 is 0 Å². The first kappa shape index (κ1) is 18.3. The van der Waals surface area contributed by atoms with Gasteiger partial charge in [0, 0.05) is 17.8 Å². The summed E-state index contributed by atoms with van der Waals surface area (Å²) < 4.78 is 11.2. The van der Waals surface area contributed by atoms with Gasteiger partial charge in [-0.25, -0.2) is 0 Å². The Labute approximate surface area is 148 Å². The standard InChI is InChI=1S/C20H22N2O3/c1-4-24-19-12-16(13-21)10-11-18(19)25-14-20(23)22(15(2)3)17-8-6-5-7-9-17/h5-12,15H,4,14H2,1-3H3. The number of ether oxygens (including phenoxy) is 2. The first-order chi connectivity index (χ1) is 12.1. The fourth-order valence-electron chi connectivity index (χ4n) is 2.49. The summed E-state index contributed by atoms with van der Waals surface area (Å²) >= 11 is 0. The molecule has 0 bridgehead atoms. The Kier molecular flexibility index (Phi) is 6.41. The molecule has 0 heterocycles. The SMILES string of the molecule is CCOc1cc(C#N)ccc1OCC(=O)N(c1ccccc1)C(C)C. The third-order valence-corrected chi connectivity index (χ3v) is 3.54. The summed E-state index contributed by atoms with van der Waals surface area (Å²) in [7, 11) is 0. The van der Waals surface area contributed by atoms with Gasteiger partial charge in [-0.2, -0.15) is 5.26 Å². The highest BCUT2D eigenvalue weighted by Gasteiger charge is 2.20. The summed E-state index contributed by atoms with van der Waals surface area (Å²) in [4.78, 5) is 14.4. The van der Waals surface area contributed by atoms with Gasteiger partial charge < -0.3 is 14.4 Å². The summed E-state index contributed by atoms with van der Waals surface area (Å²) in [5, 5.41) is 8.99. The third-order valence-electron chi connectivity index (χ3n) is 3.54. The molecule has 0 unspecified atom stereocenters. The molecule has 0 fully saturated rings. The zero-order valence-corrected chi connectivity index (χ0v) is 14.7. The lowest BCUT2D eigenvalue weighted by molar-refractivity contribution is -0.120. The van der Waals surface area contributed by atoms with Crippen molar-refractivity contribution >= 4 is 11.6 Å². The van der Waals surface area contributed by atoms with E-state index in [9.17, 15) is 4.79 Å². The van der Waals surface area contributed by atoms with Gasteiger partial charge in [-0.1, -0.05) is 18.2 Å². The molecule has 1 amide bonds. The second-order valence-corrected chi connectivity index (χ2v) is 5.69. The smallest absolute Gasteiger partial charge is 0.265 e. The lowest BCUT2D eigenvalue weighted by Crippen LogP contribution is -2.40. The number of nitriles is 1. The fraction of sp³-hybridized carbons (Fsp3) is 0.300. The van der Waals surface area contributed by atoms with Crippen molar-refractivity contribution in [2.24, 2.45) is 0 Å². The average Bonchev–Trinajstić information content (AvgIpc) is 2.61. The molecule has 0 aliphatic carbocycles. The lowest BCUT2D eigenvalue weighted by atomic mass is 10.2. The molecule has 0 spiro atoms. The van der Waals surface area contributed by atoms with Crippen molar-refractivity contribution in [2.45, 2.75) is 26.8 Å². The van der Waals surface area contributed by atoms with E-state index in [1.807, 2.05) is 51.1 Å². The molecule has 2 aromatic rings. The van der Waals surface area contributed by atoms with Gasteiger partial charge in [0.25, 0.3) is 5.91 Å². The molecule has 25 heavy (non-hydrogen) atoms. The van der Waals surface area contributed by atoms with Crippen molar-refractivity contribution < 1.29 is 14.3 Å². The number of para-hydroxylation sites is 1. The fourth-order valence-corrected chi connectivity index (χ4v) is 2.49. The summed E-state index contributed by atoms with van der Waals surface area (Å²) in [5.41, 5.74) is 1.31. The molecular weight excluding hydrogens is 316 g/mol. The van der Waals surface area contributed by atoms with E-state index in [4.69, 9.17) is 14.7 Å². The van der Waals surface area contributed by atoms with E-state index in [0.717, 1.165) is 5.69 Å². The predicted octanol–water partition coefficient (Wildman–Crippen LogP) is 3.78. The van der Waals surface area contributed by atoms with Crippen LogP contribution >= 0.6 is 0 Å².